The third-order valence-corrected chi connectivity index (χ3v) is 4.74. The van der Waals surface area contributed by atoms with Gasteiger partial charge in [-0.15, -0.1) is 0 Å². The molecule has 0 saturated heterocycles. The first-order chi connectivity index (χ1) is 13.0. The second kappa shape index (κ2) is 15.1. The number of benzene rings is 1. The zero-order chi connectivity index (χ0) is 19.8. The minimum absolute atomic E-state index is 0.0810. The van der Waals surface area contributed by atoms with Crippen LogP contribution >= 0.6 is 7.82 Å². The Labute approximate surface area is 163 Å². The average Bonchev–Trinajstić information content (AvgIpc) is 2.63. The number of ether oxygens (including phenoxy) is 2. The van der Waals surface area contributed by atoms with Crippen LogP contribution in [-0.4, -0.2) is 35.7 Å². The molecule has 156 valence electrons. The summed E-state index contributed by atoms with van der Waals surface area (Å²) >= 11 is 0. The normalized spacial score (nSPS) is 12.9. The first-order valence-electron chi connectivity index (χ1n) is 10.0. The molecule has 2 N–H and O–H groups in total. The van der Waals surface area contributed by atoms with Crippen LogP contribution in [0.2, 0.25) is 0 Å². The largest absolute Gasteiger partial charge is 0.488 e. The van der Waals surface area contributed by atoms with E-state index in [-0.39, 0.29) is 19.3 Å². The van der Waals surface area contributed by atoms with E-state index in [1.165, 1.54) is 44.9 Å². The maximum Gasteiger partial charge on any atom is 0.469 e. The van der Waals surface area contributed by atoms with Crippen LogP contribution in [0.4, 0.5) is 0 Å². The zero-order valence-electron chi connectivity index (χ0n) is 16.4. The Kier molecular flexibility index (Phi) is 13.5. The summed E-state index contributed by atoms with van der Waals surface area (Å²) in [5.74, 6) is 0.803. The Hall–Kier alpha value is -0.910. The highest BCUT2D eigenvalue weighted by molar-refractivity contribution is 7.46. The Balaban J connectivity index is 2.25. The summed E-state index contributed by atoms with van der Waals surface area (Å²) in [6.45, 7) is 2.58. The molecule has 0 heterocycles. The molecule has 0 fully saturated rings. The fourth-order valence-electron chi connectivity index (χ4n) is 2.80. The summed E-state index contributed by atoms with van der Waals surface area (Å²) in [7, 11) is -4.43. The van der Waals surface area contributed by atoms with E-state index in [2.05, 4.69) is 11.4 Å². The topological polar surface area (TPSA) is 85.2 Å². The second-order valence-corrected chi connectivity index (χ2v) is 7.95. The molecule has 7 heteroatoms. The van der Waals surface area contributed by atoms with E-state index >= 15 is 0 Å². The highest BCUT2D eigenvalue weighted by Gasteiger charge is 2.14. The van der Waals surface area contributed by atoms with Crippen LogP contribution in [0.5, 0.6) is 5.75 Å². The van der Waals surface area contributed by atoms with Crippen molar-refractivity contribution >= 4 is 7.82 Å². The highest BCUT2D eigenvalue weighted by atomic mass is 31.2. The number of phosphoric ester groups is 1. The lowest BCUT2D eigenvalue weighted by atomic mass is 10.1. The molecule has 0 aliphatic carbocycles. The summed E-state index contributed by atoms with van der Waals surface area (Å²) < 4.78 is 26.5. The van der Waals surface area contributed by atoms with Gasteiger partial charge in [0.2, 0.25) is 0 Å². The first kappa shape index (κ1) is 24.1. The Morgan fingerprint density at radius 2 is 1.56 bits per heavy atom. The number of rotatable bonds is 17. The molecule has 0 aliphatic heterocycles. The highest BCUT2D eigenvalue weighted by Crippen LogP contribution is 2.35. The van der Waals surface area contributed by atoms with Gasteiger partial charge in [0.15, 0.2) is 0 Å². The van der Waals surface area contributed by atoms with E-state index in [4.69, 9.17) is 19.3 Å². The van der Waals surface area contributed by atoms with Crippen LogP contribution in [0, 0.1) is 0 Å². The van der Waals surface area contributed by atoms with Crippen LogP contribution in [0.3, 0.4) is 0 Å². The molecule has 0 spiro atoms. The van der Waals surface area contributed by atoms with Gasteiger partial charge in [0.05, 0.1) is 19.8 Å². The molecule has 1 unspecified atom stereocenters. The van der Waals surface area contributed by atoms with Crippen molar-refractivity contribution in [1.29, 1.82) is 0 Å². The van der Waals surface area contributed by atoms with Gasteiger partial charge in [-0.05, 0) is 25.0 Å². The van der Waals surface area contributed by atoms with Gasteiger partial charge in [0.25, 0.3) is 0 Å². The number of unbranched alkanes of at least 4 members (excludes halogenated alkanes) is 7. The van der Waals surface area contributed by atoms with Gasteiger partial charge in [-0.3, -0.25) is 4.52 Å². The minimum atomic E-state index is -4.43. The van der Waals surface area contributed by atoms with Gasteiger partial charge in [-0.2, -0.15) is 0 Å². The van der Waals surface area contributed by atoms with Crippen molar-refractivity contribution in [2.24, 2.45) is 0 Å². The standard InChI is InChI=1S/C20H35O6P/c1-2-3-4-5-6-7-8-10-15-20(26-19-13-11-9-12-14-19)18-24-16-17-25-27(21,22)23/h9,11-14,20H,2-8,10,15-18H2,1H3,(H2,21,22,23). The quantitative estimate of drug-likeness (QED) is 0.279. The van der Waals surface area contributed by atoms with E-state index in [1.807, 2.05) is 30.3 Å². The molecule has 0 bridgehead atoms. The molecule has 1 aromatic carbocycles. The molecule has 1 aromatic rings. The van der Waals surface area contributed by atoms with Crippen LogP contribution in [-0.2, 0) is 13.8 Å². The fourth-order valence-corrected chi connectivity index (χ4v) is 3.12. The lowest BCUT2D eigenvalue weighted by Gasteiger charge is -2.19. The van der Waals surface area contributed by atoms with Crippen molar-refractivity contribution in [2.75, 3.05) is 19.8 Å². The molecule has 0 aromatic heterocycles. The van der Waals surface area contributed by atoms with Gasteiger partial charge in [0, 0.05) is 0 Å². The molecule has 27 heavy (non-hydrogen) atoms. The monoisotopic (exact) mass is 402 g/mol. The lowest BCUT2D eigenvalue weighted by molar-refractivity contribution is 0.0272. The maximum absolute atomic E-state index is 10.6. The van der Waals surface area contributed by atoms with E-state index in [9.17, 15) is 4.57 Å². The van der Waals surface area contributed by atoms with Crippen LogP contribution in [0.1, 0.15) is 64.7 Å². The van der Waals surface area contributed by atoms with Gasteiger partial charge >= 0.3 is 7.82 Å². The molecule has 0 saturated carbocycles. The second-order valence-electron chi connectivity index (χ2n) is 6.72. The molecule has 1 atom stereocenters. The van der Waals surface area contributed by atoms with Crippen molar-refractivity contribution < 1.29 is 28.3 Å². The van der Waals surface area contributed by atoms with Crippen LogP contribution in [0.25, 0.3) is 0 Å². The zero-order valence-corrected chi connectivity index (χ0v) is 17.3. The van der Waals surface area contributed by atoms with E-state index in [0.717, 1.165) is 18.6 Å². The van der Waals surface area contributed by atoms with Gasteiger partial charge < -0.3 is 19.3 Å². The van der Waals surface area contributed by atoms with Crippen molar-refractivity contribution in [3.8, 4) is 5.75 Å². The summed E-state index contributed by atoms with van der Waals surface area (Å²) in [4.78, 5) is 17.3. The third-order valence-electron chi connectivity index (χ3n) is 4.22. The van der Waals surface area contributed by atoms with Crippen LogP contribution in [0.15, 0.2) is 30.3 Å². The molecule has 6 nitrogen and oxygen atoms in total. The fraction of sp³-hybridized carbons (Fsp3) is 0.700. The van der Waals surface area contributed by atoms with Gasteiger partial charge in [0.1, 0.15) is 11.9 Å². The number of hydrogen-bond donors (Lipinski definition) is 2. The summed E-state index contributed by atoms with van der Waals surface area (Å²) in [6.07, 6.45) is 10.9. The van der Waals surface area contributed by atoms with E-state index in [1.54, 1.807) is 0 Å². The molecular weight excluding hydrogens is 367 g/mol. The van der Waals surface area contributed by atoms with Crippen molar-refractivity contribution in [1.82, 2.24) is 0 Å². The molecule has 0 aliphatic rings. The maximum atomic E-state index is 10.6. The third kappa shape index (κ3) is 14.8. The molecular formula is C20H35O6P. The number of para-hydroxylation sites is 1. The van der Waals surface area contributed by atoms with Gasteiger partial charge in [-0.25, -0.2) is 4.57 Å². The minimum Gasteiger partial charge on any atom is -0.488 e. The predicted octanol–water partition coefficient (Wildman–Crippen LogP) is 5.09. The van der Waals surface area contributed by atoms with Crippen LogP contribution < -0.4 is 4.74 Å². The van der Waals surface area contributed by atoms with E-state index < -0.39 is 7.82 Å². The smallest absolute Gasteiger partial charge is 0.469 e. The molecule has 0 radical (unpaired) electrons. The lowest BCUT2D eigenvalue weighted by Crippen LogP contribution is -2.24. The average molecular weight is 402 g/mol. The Morgan fingerprint density at radius 3 is 2.19 bits per heavy atom. The molecule has 0 amide bonds. The first-order valence-corrected chi connectivity index (χ1v) is 11.5. The number of hydrogen-bond acceptors (Lipinski definition) is 4. The van der Waals surface area contributed by atoms with Gasteiger partial charge in [-0.1, -0.05) is 70.1 Å². The summed E-state index contributed by atoms with van der Waals surface area (Å²) in [5, 5.41) is 0. The SMILES string of the molecule is CCCCCCCCCCC(COCCOP(=O)(O)O)Oc1ccccc1. The Morgan fingerprint density at radius 1 is 0.926 bits per heavy atom. The Bertz CT molecular complexity index is 504. The van der Waals surface area contributed by atoms with Crippen molar-refractivity contribution in [2.45, 2.75) is 70.8 Å². The summed E-state index contributed by atoms with van der Waals surface area (Å²) in [6, 6.07) is 9.63. The number of phosphoric acid groups is 1. The van der Waals surface area contributed by atoms with E-state index in [0.29, 0.717) is 6.61 Å². The van der Waals surface area contributed by atoms with Crippen molar-refractivity contribution in [3.63, 3.8) is 0 Å². The predicted molar refractivity (Wildman–Crippen MR) is 107 cm³/mol. The van der Waals surface area contributed by atoms with Crippen molar-refractivity contribution in [3.05, 3.63) is 30.3 Å². The summed E-state index contributed by atoms with van der Waals surface area (Å²) in [5.41, 5.74) is 0. The molecule has 1 rings (SSSR count).